The third-order valence-corrected chi connectivity index (χ3v) is 5.14. The Balaban J connectivity index is 5.47. The van der Waals surface area contributed by atoms with E-state index < -0.39 is 53.8 Å². The van der Waals surface area contributed by atoms with Gasteiger partial charge in [-0.2, -0.15) is 0 Å². The van der Waals surface area contributed by atoms with Crippen LogP contribution in [0.1, 0.15) is 52.9 Å². The molecule has 0 heterocycles. The van der Waals surface area contributed by atoms with Crippen molar-refractivity contribution in [2.24, 2.45) is 33.8 Å². The van der Waals surface area contributed by atoms with Gasteiger partial charge in [0.05, 0.1) is 6.04 Å². The molecule has 5 unspecified atom stereocenters. The summed E-state index contributed by atoms with van der Waals surface area (Å²) in [6.45, 7) is 5.03. The SMILES string of the molecule is CCC(C)C(NC(=O)C(N)CCC(N)=O)C(=O)NC(CCCN=C(N)N)C(=O)NC(C)C(=O)O. The first-order chi connectivity index (χ1) is 15.8. The molecule has 0 saturated heterocycles. The number of primary amides is 1. The van der Waals surface area contributed by atoms with Crippen molar-refractivity contribution in [1.29, 1.82) is 0 Å². The van der Waals surface area contributed by atoms with Gasteiger partial charge in [0.25, 0.3) is 0 Å². The Morgan fingerprint density at radius 1 is 0.912 bits per heavy atom. The van der Waals surface area contributed by atoms with Crippen molar-refractivity contribution in [3.05, 3.63) is 0 Å². The first kappa shape index (κ1) is 30.6. The van der Waals surface area contributed by atoms with Gasteiger partial charge in [-0.3, -0.25) is 29.0 Å². The molecule has 14 nitrogen and oxygen atoms in total. The summed E-state index contributed by atoms with van der Waals surface area (Å²) in [4.78, 5) is 64.0. The molecule has 0 aromatic carbocycles. The molecule has 5 atom stereocenters. The molecular formula is C20H38N8O6. The lowest BCUT2D eigenvalue weighted by Crippen LogP contribution is -2.58. The number of aliphatic imine (C=N–C) groups is 1. The van der Waals surface area contributed by atoms with Crippen LogP contribution in [0.2, 0.25) is 0 Å². The number of nitrogens with two attached hydrogens (primary N) is 4. The van der Waals surface area contributed by atoms with Crippen LogP contribution in [-0.2, 0) is 24.0 Å². The minimum absolute atomic E-state index is 0.0128. The lowest BCUT2D eigenvalue weighted by atomic mass is 9.96. The molecule has 0 rings (SSSR count). The summed E-state index contributed by atoms with van der Waals surface area (Å²) in [5.74, 6) is -4.30. The van der Waals surface area contributed by atoms with Gasteiger partial charge < -0.3 is 44.0 Å². The molecule has 0 fully saturated rings. The van der Waals surface area contributed by atoms with Gasteiger partial charge in [0, 0.05) is 13.0 Å². The molecule has 0 aliphatic heterocycles. The van der Waals surface area contributed by atoms with E-state index in [1.54, 1.807) is 6.92 Å². The number of aliphatic carboxylic acids is 1. The van der Waals surface area contributed by atoms with Crippen LogP contribution in [0.4, 0.5) is 0 Å². The van der Waals surface area contributed by atoms with Crippen LogP contribution >= 0.6 is 0 Å². The molecule has 12 N–H and O–H groups in total. The molecule has 0 spiro atoms. The Labute approximate surface area is 198 Å². The third kappa shape index (κ3) is 12.0. The molecule has 0 aliphatic rings. The highest BCUT2D eigenvalue weighted by Gasteiger charge is 2.31. The molecule has 34 heavy (non-hydrogen) atoms. The summed E-state index contributed by atoms with van der Waals surface area (Å²) in [5, 5.41) is 16.5. The Hall–Kier alpha value is -3.42. The van der Waals surface area contributed by atoms with Crippen LogP contribution in [0, 0.1) is 5.92 Å². The van der Waals surface area contributed by atoms with Gasteiger partial charge in [-0.15, -0.1) is 0 Å². The van der Waals surface area contributed by atoms with E-state index in [1.165, 1.54) is 6.92 Å². The molecule has 4 amide bonds. The minimum Gasteiger partial charge on any atom is -0.480 e. The Morgan fingerprint density at radius 3 is 2.03 bits per heavy atom. The van der Waals surface area contributed by atoms with Crippen LogP contribution < -0.4 is 38.9 Å². The maximum Gasteiger partial charge on any atom is 0.325 e. The van der Waals surface area contributed by atoms with E-state index in [1.807, 2.05) is 6.92 Å². The molecule has 14 heteroatoms. The van der Waals surface area contributed by atoms with Crippen molar-refractivity contribution in [1.82, 2.24) is 16.0 Å². The molecule has 0 aromatic heterocycles. The maximum absolute atomic E-state index is 13.0. The summed E-state index contributed by atoms with van der Waals surface area (Å²) in [7, 11) is 0. The highest BCUT2D eigenvalue weighted by molar-refractivity contribution is 5.94. The fourth-order valence-corrected chi connectivity index (χ4v) is 2.80. The van der Waals surface area contributed by atoms with E-state index in [0.717, 1.165) is 0 Å². The van der Waals surface area contributed by atoms with Crippen LogP contribution in [0.25, 0.3) is 0 Å². The first-order valence-corrected chi connectivity index (χ1v) is 11.0. The number of carboxylic acids is 1. The topological polar surface area (TPSA) is 258 Å². The van der Waals surface area contributed by atoms with Gasteiger partial charge in [0.1, 0.15) is 18.1 Å². The summed E-state index contributed by atoms with van der Waals surface area (Å²) in [5.41, 5.74) is 21.4. The first-order valence-electron chi connectivity index (χ1n) is 11.0. The van der Waals surface area contributed by atoms with Crippen LogP contribution in [-0.4, -0.2) is 71.4 Å². The predicted octanol–water partition coefficient (Wildman–Crippen LogP) is -2.76. The Kier molecular flexibility index (Phi) is 13.9. The largest absolute Gasteiger partial charge is 0.480 e. The van der Waals surface area contributed by atoms with E-state index in [0.29, 0.717) is 12.8 Å². The van der Waals surface area contributed by atoms with E-state index in [9.17, 15) is 24.0 Å². The molecule has 0 radical (unpaired) electrons. The number of nitrogens with zero attached hydrogens (tertiary/aromatic N) is 1. The van der Waals surface area contributed by atoms with Crippen LogP contribution in [0.3, 0.4) is 0 Å². The highest BCUT2D eigenvalue weighted by atomic mass is 16.4. The van der Waals surface area contributed by atoms with E-state index in [2.05, 4.69) is 20.9 Å². The monoisotopic (exact) mass is 486 g/mol. The zero-order valence-corrected chi connectivity index (χ0v) is 19.9. The Morgan fingerprint density at radius 2 is 1.53 bits per heavy atom. The fraction of sp³-hybridized carbons (Fsp3) is 0.700. The number of carbonyl (C=O) groups is 5. The zero-order valence-electron chi connectivity index (χ0n) is 19.9. The zero-order chi connectivity index (χ0) is 26.4. The van der Waals surface area contributed by atoms with Crippen molar-refractivity contribution < 1.29 is 29.1 Å². The number of hydrogen-bond donors (Lipinski definition) is 8. The van der Waals surface area contributed by atoms with Crippen molar-refractivity contribution in [2.45, 2.75) is 77.0 Å². The molecule has 194 valence electrons. The molecule has 0 saturated carbocycles. The number of guanidine groups is 1. The van der Waals surface area contributed by atoms with Crippen molar-refractivity contribution in [3.63, 3.8) is 0 Å². The summed E-state index contributed by atoms with van der Waals surface area (Å²) >= 11 is 0. The second-order valence-electron chi connectivity index (χ2n) is 8.06. The number of hydrogen-bond acceptors (Lipinski definition) is 7. The van der Waals surface area contributed by atoms with Gasteiger partial charge in [-0.1, -0.05) is 20.3 Å². The normalized spacial score (nSPS) is 15.1. The van der Waals surface area contributed by atoms with Crippen molar-refractivity contribution in [2.75, 3.05) is 6.54 Å². The van der Waals surface area contributed by atoms with Gasteiger partial charge in [0.2, 0.25) is 23.6 Å². The van der Waals surface area contributed by atoms with Gasteiger partial charge in [-0.25, -0.2) is 0 Å². The van der Waals surface area contributed by atoms with Gasteiger partial charge in [-0.05, 0) is 32.1 Å². The predicted molar refractivity (Wildman–Crippen MR) is 125 cm³/mol. The van der Waals surface area contributed by atoms with Crippen molar-refractivity contribution in [3.8, 4) is 0 Å². The maximum atomic E-state index is 13.0. The smallest absolute Gasteiger partial charge is 0.325 e. The standard InChI is InChI=1S/C20H38N8O6/c1-4-10(2)15(28-16(30)12(21)7-8-14(22)29)18(32)27-13(6-5-9-25-20(23)24)17(31)26-11(3)19(33)34/h10-13,15H,4-9,21H2,1-3H3,(H2,22,29)(H,26,31)(H,27,32)(H,28,30)(H,33,34)(H4,23,24,25). The second-order valence-corrected chi connectivity index (χ2v) is 8.06. The number of amides is 4. The average molecular weight is 487 g/mol. The fourth-order valence-electron chi connectivity index (χ4n) is 2.80. The van der Waals surface area contributed by atoms with E-state index >= 15 is 0 Å². The van der Waals surface area contributed by atoms with E-state index in [-0.39, 0.29) is 37.7 Å². The summed E-state index contributed by atoms with van der Waals surface area (Å²) < 4.78 is 0. The minimum atomic E-state index is -1.24. The highest BCUT2D eigenvalue weighted by Crippen LogP contribution is 2.10. The number of carbonyl (C=O) groups excluding carboxylic acids is 4. The molecular weight excluding hydrogens is 448 g/mol. The molecule has 0 aromatic rings. The second kappa shape index (κ2) is 15.4. The summed E-state index contributed by atoms with van der Waals surface area (Å²) in [6.07, 6.45) is 0.871. The van der Waals surface area contributed by atoms with Crippen molar-refractivity contribution >= 4 is 35.6 Å². The van der Waals surface area contributed by atoms with Crippen LogP contribution in [0.5, 0.6) is 0 Å². The lowest BCUT2D eigenvalue weighted by molar-refractivity contribution is -0.142. The average Bonchev–Trinajstić information content (AvgIpc) is 2.76. The number of rotatable bonds is 16. The quantitative estimate of drug-likeness (QED) is 0.0637. The van der Waals surface area contributed by atoms with E-state index in [4.69, 9.17) is 28.0 Å². The van der Waals surface area contributed by atoms with Gasteiger partial charge >= 0.3 is 5.97 Å². The Bertz CT molecular complexity index is 755. The molecule has 0 bridgehead atoms. The lowest BCUT2D eigenvalue weighted by Gasteiger charge is -2.27. The number of nitrogens with one attached hydrogen (secondary N) is 3. The number of carboxylic acid groups (broad SMARTS) is 1. The third-order valence-electron chi connectivity index (χ3n) is 5.14. The van der Waals surface area contributed by atoms with Crippen LogP contribution in [0.15, 0.2) is 4.99 Å². The molecule has 0 aliphatic carbocycles. The summed E-state index contributed by atoms with van der Waals surface area (Å²) in [6, 6.07) is -4.36. The van der Waals surface area contributed by atoms with Gasteiger partial charge in [0.15, 0.2) is 5.96 Å².